The summed E-state index contributed by atoms with van der Waals surface area (Å²) in [6.07, 6.45) is 6.38. The molecule has 0 saturated carbocycles. The minimum atomic E-state index is -0.366. The molecule has 5 aromatic rings. The molecule has 0 fully saturated rings. The maximum Gasteiger partial charge on any atom is 0.269 e. The highest BCUT2D eigenvalue weighted by Crippen LogP contribution is 2.32. The van der Waals surface area contributed by atoms with Crippen LogP contribution in [0, 0.1) is 0 Å². The SMILES string of the molecule is O=C(CN=Cc1ccccn1)N(N=Cc1ccccn1)c1ccccc1-c1nnc(-c2ccccc2)o1. The summed E-state index contributed by atoms with van der Waals surface area (Å²) in [7, 11) is 0. The van der Waals surface area contributed by atoms with Crippen LogP contribution >= 0.6 is 0 Å². The van der Waals surface area contributed by atoms with Gasteiger partial charge in [0, 0.05) is 24.2 Å². The van der Waals surface area contributed by atoms with E-state index in [0.717, 1.165) is 5.56 Å². The third-order valence-corrected chi connectivity index (χ3v) is 5.18. The number of carbonyl (C=O) groups is 1. The van der Waals surface area contributed by atoms with Crippen LogP contribution in [0.1, 0.15) is 11.4 Å². The molecule has 37 heavy (non-hydrogen) atoms. The zero-order valence-corrected chi connectivity index (χ0v) is 19.6. The van der Waals surface area contributed by atoms with Gasteiger partial charge in [0.25, 0.3) is 5.91 Å². The van der Waals surface area contributed by atoms with Gasteiger partial charge in [0.15, 0.2) is 0 Å². The van der Waals surface area contributed by atoms with Crippen LogP contribution in [0.3, 0.4) is 0 Å². The molecule has 3 aromatic heterocycles. The van der Waals surface area contributed by atoms with Gasteiger partial charge in [-0.15, -0.1) is 10.2 Å². The predicted octanol–water partition coefficient (Wildman–Crippen LogP) is 4.68. The predicted molar refractivity (Wildman–Crippen MR) is 141 cm³/mol. The molecule has 0 unspecified atom stereocenters. The lowest BCUT2D eigenvalue weighted by Gasteiger charge is -2.18. The minimum Gasteiger partial charge on any atom is -0.416 e. The lowest BCUT2D eigenvalue weighted by molar-refractivity contribution is -0.117. The smallest absolute Gasteiger partial charge is 0.269 e. The van der Waals surface area contributed by atoms with Crippen molar-refractivity contribution < 1.29 is 9.21 Å². The molecule has 9 nitrogen and oxygen atoms in total. The Kier molecular flexibility index (Phi) is 7.23. The van der Waals surface area contributed by atoms with Crippen molar-refractivity contribution in [2.24, 2.45) is 10.1 Å². The Hall–Kier alpha value is -5.31. The first-order valence-corrected chi connectivity index (χ1v) is 11.4. The van der Waals surface area contributed by atoms with Crippen LogP contribution in [-0.4, -0.2) is 45.0 Å². The summed E-state index contributed by atoms with van der Waals surface area (Å²) in [5.41, 5.74) is 3.06. The van der Waals surface area contributed by atoms with E-state index in [1.807, 2.05) is 60.7 Å². The van der Waals surface area contributed by atoms with Crippen molar-refractivity contribution in [2.75, 3.05) is 11.6 Å². The molecule has 3 heterocycles. The zero-order chi connectivity index (χ0) is 25.3. The van der Waals surface area contributed by atoms with Crippen LogP contribution in [-0.2, 0) is 4.79 Å². The summed E-state index contributed by atoms with van der Waals surface area (Å²) in [4.78, 5) is 26.1. The van der Waals surface area contributed by atoms with Crippen molar-refractivity contribution in [1.82, 2.24) is 20.2 Å². The summed E-state index contributed by atoms with van der Waals surface area (Å²) >= 11 is 0. The van der Waals surface area contributed by atoms with E-state index in [9.17, 15) is 4.79 Å². The Balaban J connectivity index is 1.48. The molecule has 2 aromatic carbocycles. The van der Waals surface area contributed by atoms with Gasteiger partial charge in [-0.2, -0.15) is 10.1 Å². The van der Waals surface area contributed by atoms with Crippen molar-refractivity contribution in [3.05, 3.63) is 115 Å². The molecular formula is C28H21N7O2. The Labute approximate surface area is 212 Å². The lowest BCUT2D eigenvalue weighted by atomic mass is 10.1. The Morgan fingerprint density at radius 3 is 2.14 bits per heavy atom. The first kappa shape index (κ1) is 23.4. The van der Waals surface area contributed by atoms with Gasteiger partial charge in [-0.25, -0.2) is 0 Å². The van der Waals surface area contributed by atoms with Crippen LogP contribution in [0.4, 0.5) is 5.69 Å². The van der Waals surface area contributed by atoms with Gasteiger partial charge in [0.2, 0.25) is 11.8 Å². The average Bonchev–Trinajstić information content (AvgIpc) is 3.45. The number of para-hydroxylation sites is 1. The average molecular weight is 488 g/mol. The van der Waals surface area contributed by atoms with E-state index in [1.165, 1.54) is 11.2 Å². The van der Waals surface area contributed by atoms with E-state index < -0.39 is 0 Å². The van der Waals surface area contributed by atoms with Crippen molar-refractivity contribution in [3.8, 4) is 22.9 Å². The minimum absolute atomic E-state index is 0.149. The molecule has 0 saturated heterocycles. The summed E-state index contributed by atoms with van der Waals surface area (Å²) < 4.78 is 5.97. The molecule has 0 radical (unpaired) electrons. The number of benzene rings is 2. The lowest BCUT2D eigenvalue weighted by Crippen LogP contribution is -2.28. The van der Waals surface area contributed by atoms with Crippen LogP contribution in [0.2, 0.25) is 0 Å². The second-order valence-corrected chi connectivity index (χ2v) is 7.72. The van der Waals surface area contributed by atoms with Crippen molar-refractivity contribution in [3.63, 3.8) is 0 Å². The van der Waals surface area contributed by atoms with Gasteiger partial charge in [-0.05, 0) is 48.5 Å². The zero-order valence-electron chi connectivity index (χ0n) is 19.6. The first-order chi connectivity index (χ1) is 18.3. The van der Waals surface area contributed by atoms with Gasteiger partial charge in [0.1, 0.15) is 6.54 Å². The van der Waals surface area contributed by atoms with Gasteiger partial charge >= 0.3 is 0 Å². The molecule has 0 aliphatic carbocycles. The molecule has 9 heteroatoms. The Morgan fingerprint density at radius 2 is 1.41 bits per heavy atom. The molecule has 0 bridgehead atoms. The van der Waals surface area contributed by atoms with Gasteiger partial charge in [-0.3, -0.25) is 19.8 Å². The number of aliphatic imine (C=N–C) groups is 1. The topological polar surface area (TPSA) is 110 Å². The molecule has 5 rings (SSSR count). The summed E-state index contributed by atoms with van der Waals surface area (Å²) in [5, 5.41) is 14.1. The van der Waals surface area contributed by atoms with E-state index >= 15 is 0 Å². The normalized spacial score (nSPS) is 11.2. The number of aromatic nitrogens is 4. The number of hydrogen-bond donors (Lipinski definition) is 0. The third-order valence-electron chi connectivity index (χ3n) is 5.18. The molecular weight excluding hydrogens is 466 g/mol. The second kappa shape index (κ2) is 11.4. The molecule has 180 valence electrons. The van der Waals surface area contributed by atoms with Gasteiger partial charge in [-0.1, -0.05) is 42.5 Å². The van der Waals surface area contributed by atoms with E-state index in [4.69, 9.17) is 4.42 Å². The number of anilines is 1. The molecule has 0 aliphatic heterocycles. The molecule has 0 spiro atoms. The van der Waals surface area contributed by atoms with E-state index in [-0.39, 0.29) is 18.3 Å². The summed E-state index contributed by atoms with van der Waals surface area (Å²) in [6, 6.07) is 27.6. The highest BCUT2D eigenvalue weighted by molar-refractivity contribution is 6.00. The molecule has 1 amide bonds. The fraction of sp³-hybridized carbons (Fsp3) is 0.0357. The standard InChI is InChI=1S/C28H21N7O2/c36-26(20-29-18-22-12-6-8-16-30-22)35(32-19-23-13-7-9-17-31-23)25-15-5-4-14-24(25)28-34-33-27(37-28)21-10-2-1-3-11-21/h1-19H,20H2. The Morgan fingerprint density at radius 1 is 0.757 bits per heavy atom. The number of rotatable bonds is 8. The maximum atomic E-state index is 13.4. The van der Waals surface area contributed by atoms with Crippen molar-refractivity contribution >= 4 is 24.0 Å². The number of amides is 1. The van der Waals surface area contributed by atoms with E-state index in [0.29, 0.717) is 28.5 Å². The van der Waals surface area contributed by atoms with E-state index in [1.54, 1.807) is 48.9 Å². The molecule has 0 N–H and O–H groups in total. The van der Waals surface area contributed by atoms with Crippen LogP contribution in [0.25, 0.3) is 22.9 Å². The third kappa shape index (κ3) is 5.85. The van der Waals surface area contributed by atoms with Crippen molar-refractivity contribution in [2.45, 2.75) is 0 Å². The number of hydrogen-bond acceptors (Lipinski definition) is 8. The van der Waals surface area contributed by atoms with Crippen molar-refractivity contribution in [1.29, 1.82) is 0 Å². The maximum absolute atomic E-state index is 13.4. The fourth-order valence-electron chi connectivity index (χ4n) is 3.44. The Bertz CT molecular complexity index is 1520. The van der Waals surface area contributed by atoms with Crippen LogP contribution in [0.5, 0.6) is 0 Å². The fourth-order valence-corrected chi connectivity index (χ4v) is 3.44. The number of nitrogens with zero attached hydrogens (tertiary/aromatic N) is 7. The quantitative estimate of drug-likeness (QED) is 0.232. The molecule has 0 aliphatic rings. The highest BCUT2D eigenvalue weighted by atomic mass is 16.4. The summed E-state index contributed by atoms with van der Waals surface area (Å²) in [6.45, 7) is -0.149. The number of pyridine rings is 2. The summed E-state index contributed by atoms with van der Waals surface area (Å²) in [5.74, 6) is 0.270. The van der Waals surface area contributed by atoms with Gasteiger partial charge < -0.3 is 4.42 Å². The van der Waals surface area contributed by atoms with Gasteiger partial charge in [0.05, 0.1) is 28.9 Å². The molecule has 0 atom stereocenters. The second-order valence-electron chi connectivity index (χ2n) is 7.72. The van der Waals surface area contributed by atoms with Crippen LogP contribution in [0.15, 0.2) is 118 Å². The monoisotopic (exact) mass is 487 g/mol. The van der Waals surface area contributed by atoms with Crippen LogP contribution < -0.4 is 5.01 Å². The first-order valence-electron chi connectivity index (χ1n) is 11.4. The largest absolute Gasteiger partial charge is 0.416 e. The highest BCUT2D eigenvalue weighted by Gasteiger charge is 2.22. The van der Waals surface area contributed by atoms with E-state index in [2.05, 4.69) is 30.3 Å². The number of hydrazone groups is 1. The number of carbonyl (C=O) groups excluding carboxylic acids is 1.